The van der Waals surface area contributed by atoms with Crippen LogP contribution in [0.2, 0.25) is 0 Å². The Balaban J connectivity index is 1.45. The van der Waals surface area contributed by atoms with E-state index in [4.69, 9.17) is 4.42 Å². The van der Waals surface area contributed by atoms with E-state index in [0.717, 1.165) is 11.1 Å². The number of aryl methyl sites for hydroxylation is 1. The molecular weight excluding hydrogens is 622 g/mol. The third-order valence-electron chi connectivity index (χ3n) is 6.78. The van der Waals surface area contributed by atoms with Crippen molar-refractivity contribution in [2.75, 3.05) is 4.90 Å². The summed E-state index contributed by atoms with van der Waals surface area (Å²) in [4.78, 5) is 32.8. The van der Waals surface area contributed by atoms with Crippen molar-refractivity contribution in [2.24, 2.45) is 0 Å². The highest BCUT2D eigenvalue weighted by Crippen LogP contribution is 2.45. The third kappa shape index (κ3) is 4.93. The lowest BCUT2D eigenvalue weighted by atomic mass is 9.86. The molecule has 1 aliphatic rings. The molecule has 4 aromatic rings. The first-order valence-electron chi connectivity index (χ1n) is 12.1. The Morgan fingerprint density at radius 3 is 2.41 bits per heavy atom. The molecule has 2 amide bonds. The van der Waals surface area contributed by atoms with Crippen LogP contribution in [0.4, 0.5) is 18.9 Å². The summed E-state index contributed by atoms with van der Waals surface area (Å²) in [6.45, 7) is 5.08. The summed E-state index contributed by atoms with van der Waals surface area (Å²) in [5.74, 6) is -2.97. The molecule has 1 aliphatic heterocycles. The molecule has 0 radical (unpaired) electrons. The van der Waals surface area contributed by atoms with Crippen molar-refractivity contribution >= 4 is 40.1 Å². The Morgan fingerprint density at radius 2 is 1.74 bits per heavy atom. The van der Waals surface area contributed by atoms with Gasteiger partial charge in [0.25, 0.3) is 5.91 Å². The molecule has 0 aliphatic carbocycles. The van der Waals surface area contributed by atoms with Crippen molar-refractivity contribution in [1.29, 1.82) is 0 Å². The summed E-state index contributed by atoms with van der Waals surface area (Å²) < 4.78 is 47.9. The van der Waals surface area contributed by atoms with Crippen LogP contribution in [0.25, 0.3) is 11.5 Å². The van der Waals surface area contributed by atoms with Gasteiger partial charge in [-0.2, -0.15) is 0 Å². The highest BCUT2D eigenvalue weighted by Gasteiger charge is 2.46. The van der Waals surface area contributed by atoms with Crippen LogP contribution in [0, 0.1) is 27.9 Å². The van der Waals surface area contributed by atoms with Gasteiger partial charge < -0.3 is 14.6 Å². The molecular formula is C29H23F3IN3O3. The summed E-state index contributed by atoms with van der Waals surface area (Å²) in [6, 6.07) is 13.7. The number of oxazole rings is 1. The van der Waals surface area contributed by atoms with Gasteiger partial charge in [0.1, 0.15) is 28.9 Å². The number of nitrogens with one attached hydrogen (secondary N) is 1. The van der Waals surface area contributed by atoms with Gasteiger partial charge in [-0.25, -0.2) is 18.2 Å². The predicted octanol–water partition coefficient (Wildman–Crippen LogP) is 6.43. The van der Waals surface area contributed by atoms with Gasteiger partial charge in [0.05, 0.1) is 17.6 Å². The number of hydrogen-bond donors (Lipinski definition) is 1. The van der Waals surface area contributed by atoms with Gasteiger partial charge >= 0.3 is 0 Å². The minimum Gasteiger partial charge on any atom is -0.441 e. The number of amides is 2. The van der Waals surface area contributed by atoms with Crippen LogP contribution < -0.4 is 10.2 Å². The minimum atomic E-state index is -1.09. The fourth-order valence-corrected chi connectivity index (χ4v) is 5.99. The van der Waals surface area contributed by atoms with E-state index in [1.165, 1.54) is 0 Å². The zero-order valence-electron chi connectivity index (χ0n) is 21.2. The van der Waals surface area contributed by atoms with Crippen molar-refractivity contribution in [3.05, 3.63) is 104 Å². The monoisotopic (exact) mass is 645 g/mol. The van der Waals surface area contributed by atoms with Crippen molar-refractivity contribution in [2.45, 2.75) is 39.3 Å². The van der Waals surface area contributed by atoms with E-state index in [0.29, 0.717) is 38.7 Å². The number of carbonyl (C=O) groups excluding carboxylic acids is 2. The second-order valence-electron chi connectivity index (χ2n) is 9.79. The topological polar surface area (TPSA) is 75.4 Å². The fraction of sp³-hybridized carbons (Fsp3) is 0.207. The van der Waals surface area contributed by atoms with Crippen LogP contribution in [0.3, 0.4) is 0 Å². The van der Waals surface area contributed by atoms with E-state index in [2.05, 4.69) is 32.9 Å². The molecule has 0 atom stereocenters. The summed E-state index contributed by atoms with van der Waals surface area (Å²) in [7, 11) is 0. The van der Waals surface area contributed by atoms with Crippen molar-refractivity contribution in [3.63, 3.8) is 0 Å². The van der Waals surface area contributed by atoms with E-state index >= 15 is 0 Å². The number of aromatic nitrogens is 1. The largest absolute Gasteiger partial charge is 0.441 e. The first-order chi connectivity index (χ1) is 18.5. The van der Waals surface area contributed by atoms with Gasteiger partial charge in [-0.05, 0) is 67.6 Å². The first kappa shape index (κ1) is 26.9. The van der Waals surface area contributed by atoms with Crippen LogP contribution in [0.1, 0.15) is 46.8 Å². The van der Waals surface area contributed by atoms with Crippen LogP contribution >= 0.6 is 22.6 Å². The van der Waals surface area contributed by atoms with Crippen molar-refractivity contribution in [3.8, 4) is 11.5 Å². The minimum absolute atomic E-state index is 0.130. The maximum Gasteiger partial charge on any atom is 0.251 e. The molecule has 0 unspecified atom stereocenters. The van der Waals surface area contributed by atoms with Crippen molar-refractivity contribution < 1.29 is 27.2 Å². The Bertz CT molecular complexity index is 1600. The standard InChI is InChI=1S/C29H23F3IN3O3/c1-15-23(35-27(39-15)16-7-5-4-6-8-16)14-36-24-10-17(9-22(33)25(24)29(2,3)28(36)38)26(37)34-13-19-20(31)11-18(30)12-21(19)32/h4-12H,13-14H2,1-3H3,(H,34,37). The molecule has 1 N–H and O–H groups in total. The smallest absolute Gasteiger partial charge is 0.251 e. The highest BCUT2D eigenvalue weighted by atomic mass is 127. The quantitative estimate of drug-likeness (QED) is 0.246. The van der Waals surface area contributed by atoms with Gasteiger partial charge in [-0.1, -0.05) is 18.2 Å². The molecule has 6 nitrogen and oxygen atoms in total. The Kier molecular flexibility index (Phi) is 7.00. The van der Waals surface area contributed by atoms with Gasteiger partial charge in [0, 0.05) is 44.5 Å². The number of fused-ring (bicyclic) bond motifs is 1. The number of nitrogens with zero attached hydrogens (tertiary/aromatic N) is 2. The summed E-state index contributed by atoms with van der Waals surface area (Å²) >= 11 is 2.08. The molecule has 39 heavy (non-hydrogen) atoms. The van der Waals surface area contributed by atoms with E-state index in [9.17, 15) is 22.8 Å². The maximum absolute atomic E-state index is 14.0. The molecule has 3 aromatic carbocycles. The molecule has 0 fully saturated rings. The molecule has 200 valence electrons. The molecule has 5 rings (SSSR count). The van der Waals surface area contributed by atoms with Crippen LogP contribution in [0.15, 0.2) is 59.0 Å². The Hall–Kier alpha value is -3.67. The average molecular weight is 645 g/mol. The lowest BCUT2D eigenvalue weighted by molar-refractivity contribution is -0.122. The number of benzene rings is 3. The molecule has 0 bridgehead atoms. The molecule has 0 spiro atoms. The number of hydrogen-bond acceptors (Lipinski definition) is 4. The summed E-state index contributed by atoms with van der Waals surface area (Å²) in [6.07, 6.45) is 0. The zero-order valence-corrected chi connectivity index (χ0v) is 23.4. The number of rotatable bonds is 6. The third-order valence-corrected chi connectivity index (χ3v) is 7.63. The second kappa shape index (κ2) is 10.1. The lowest BCUT2D eigenvalue weighted by Gasteiger charge is -2.19. The molecule has 1 aromatic heterocycles. The van der Waals surface area contributed by atoms with E-state index in [-0.39, 0.29) is 18.0 Å². The van der Waals surface area contributed by atoms with Crippen LogP contribution in [0.5, 0.6) is 0 Å². The highest BCUT2D eigenvalue weighted by molar-refractivity contribution is 14.1. The summed E-state index contributed by atoms with van der Waals surface area (Å²) in [5, 5.41) is 2.49. The molecule has 10 heteroatoms. The van der Waals surface area contributed by atoms with Gasteiger partial charge in [-0.15, -0.1) is 0 Å². The Morgan fingerprint density at radius 1 is 1.08 bits per heavy atom. The normalized spacial score (nSPS) is 14.0. The Labute approximate surface area is 236 Å². The molecule has 2 heterocycles. The van der Waals surface area contributed by atoms with E-state index < -0.39 is 40.9 Å². The van der Waals surface area contributed by atoms with Gasteiger partial charge in [0.2, 0.25) is 11.8 Å². The average Bonchev–Trinajstić information content (AvgIpc) is 3.34. The van der Waals surface area contributed by atoms with Crippen LogP contribution in [-0.2, 0) is 23.3 Å². The van der Waals surface area contributed by atoms with Gasteiger partial charge in [-0.3, -0.25) is 9.59 Å². The fourth-order valence-electron chi connectivity index (χ4n) is 4.71. The maximum atomic E-state index is 14.0. The van der Waals surface area contributed by atoms with Crippen LogP contribution in [-0.4, -0.2) is 16.8 Å². The second-order valence-corrected chi connectivity index (χ2v) is 10.9. The van der Waals surface area contributed by atoms with E-state index in [1.54, 1.807) is 24.0 Å². The molecule has 0 saturated heterocycles. The number of halogens is 4. The first-order valence-corrected chi connectivity index (χ1v) is 13.1. The van der Waals surface area contributed by atoms with Gasteiger partial charge in [0.15, 0.2) is 0 Å². The lowest BCUT2D eigenvalue weighted by Crippen LogP contribution is -2.36. The number of carbonyl (C=O) groups is 2. The predicted molar refractivity (Wildman–Crippen MR) is 148 cm³/mol. The molecule has 0 saturated carbocycles. The summed E-state index contributed by atoms with van der Waals surface area (Å²) in [5.41, 5.74) is 1.60. The SMILES string of the molecule is Cc1oc(-c2ccccc2)nc1CN1C(=O)C(C)(C)c2c(I)cc(C(=O)NCc3c(F)cc(F)cc3F)cc21. The number of anilines is 1. The van der Waals surface area contributed by atoms with Crippen molar-refractivity contribution in [1.82, 2.24) is 10.3 Å². The van der Waals surface area contributed by atoms with E-state index in [1.807, 2.05) is 44.2 Å². The zero-order chi connectivity index (χ0) is 28.1.